The van der Waals surface area contributed by atoms with Crippen LogP contribution in [0, 0.1) is 0 Å². The van der Waals surface area contributed by atoms with Crippen molar-refractivity contribution in [1.82, 2.24) is 9.97 Å². The Bertz CT molecular complexity index is 369. The van der Waals surface area contributed by atoms with Crippen LogP contribution in [0.2, 0.25) is 0 Å². The predicted octanol–water partition coefficient (Wildman–Crippen LogP) is 0.496. The highest BCUT2D eigenvalue weighted by atomic mass is 16.5. The third-order valence-electron chi connectivity index (χ3n) is 3.17. The Morgan fingerprint density at radius 2 is 2.22 bits per heavy atom. The van der Waals surface area contributed by atoms with Gasteiger partial charge in [0.25, 0.3) is 0 Å². The van der Waals surface area contributed by atoms with Gasteiger partial charge in [-0.1, -0.05) is 0 Å². The predicted molar refractivity (Wildman–Crippen MR) is 69.9 cm³/mol. The second-order valence-electron chi connectivity index (χ2n) is 4.37. The first kappa shape index (κ1) is 13.0. The SMILES string of the molecule is CN(c1cc(NCCO)ncn1)C1CCOCC1. The molecule has 1 aliphatic heterocycles. The van der Waals surface area contributed by atoms with E-state index in [1.165, 1.54) is 0 Å². The highest BCUT2D eigenvalue weighted by Crippen LogP contribution is 2.20. The highest BCUT2D eigenvalue weighted by Gasteiger charge is 2.19. The molecular formula is C12H20N4O2. The number of rotatable bonds is 5. The van der Waals surface area contributed by atoms with Crippen molar-refractivity contribution in [3.63, 3.8) is 0 Å². The standard InChI is InChI=1S/C12H20N4O2/c1-16(10-2-6-18-7-3-10)12-8-11(13-4-5-17)14-9-15-12/h8-10,17H,2-7H2,1H3,(H,13,14,15). The zero-order valence-corrected chi connectivity index (χ0v) is 10.7. The third-order valence-corrected chi connectivity index (χ3v) is 3.17. The van der Waals surface area contributed by atoms with Gasteiger partial charge in [0.15, 0.2) is 0 Å². The van der Waals surface area contributed by atoms with Crippen LogP contribution in [0.15, 0.2) is 12.4 Å². The molecule has 2 rings (SSSR count). The lowest BCUT2D eigenvalue weighted by molar-refractivity contribution is 0.0853. The Balaban J connectivity index is 2.02. The first-order valence-corrected chi connectivity index (χ1v) is 6.28. The average Bonchev–Trinajstić information content (AvgIpc) is 2.45. The van der Waals surface area contributed by atoms with Crippen LogP contribution in [0.5, 0.6) is 0 Å². The van der Waals surface area contributed by atoms with Crippen molar-refractivity contribution in [2.24, 2.45) is 0 Å². The fourth-order valence-electron chi connectivity index (χ4n) is 2.08. The van der Waals surface area contributed by atoms with Gasteiger partial charge in [0, 0.05) is 38.9 Å². The molecule has 1 aromatic rings. The third kappa shape index (κ3) is 3.30. The molecule has 100 valence electrons. The van der Waals surface area contributed by atoms with E-state index in [4.69, 9.17) is 9.84 Å². The molecule has 1 aliphatic rings. The van der Waals surface area contributed by atoms with Gasteiger partial charge in [0.1, 0.15) is 18.0 Å². The van der Waals surface area contributed by atoms with Crippen LogP contribution in [0.25, 0.3) is 0 Å². The molecule has 6 heteroatoms. The molecular weight excluding hydrogens is 232 g/mol. The maximum Gasteiger partial charge on any atom is 0.134 e. The van der Waals surface area contributed by atoms with Gasteiger partial charge in [-0.2, -0.15) is 0 Å². The van der Waals surface area contributed by atoms with E-state index < -0.39 is 0 Å². The lowest BCUT2D eigenvalue weighted by Gasteiger charge is -2.32. The molecule has 0 bridgehead atoms. The molecule has 2 N–H and O–H groups in total. The van der Waals surface area contributed by atoms with E-state index >= 15 is 0 Å². The molecule has 1 aromatic heterocycles. The van der Waals surface area contributed by atoms with Crippen LogP contribution in [-0.4, -0.2) is 54.5 Å². The number of hydrogen-bond donors (Lipinski definition) is 2. The quantitative estimate of drug-likeness (QED) is 0.795. The van der Waals surface area contributed by atoms with E-state index in [0.29, 0.717) is 12.6 Å². The molecule has 0 saturated carbocycles. The summed E-state index contributed by atoms with van der Waals surface area (Å²) in [6.45, 7) is 2.22. The second-order valence-corrected chi connectivity index (χ2v) is 4.37. The highest BCUT2D eigenvalue weighted by molar-refractivity contribution is 5.48. The summed E-state index contributed by atoms with van der Waals surface area (Å²) in [6, 6.07) is 2.38. The lowest BCUT2D eigenvalue weighted by Crippen LogP contribution is -2.37. The minimum atomic E-state index is 0.0924. The van der Waals surface area contributed by atoms with E-state index in [-0.39, 0.29) is 6.61 Å². The van der Waals surface area contributed by atoms with Gasteiger partial charge in [-0.15, -0.1) is 0 Å². The summed E-state index contributed by atoms with van der Waals surface area (Å²) >= 11 is 0. The molecule has 6 nitrogen and oxygen atoms in total. The summed E-state index contributed by atoms with van der Waals surface area (Å²) in [6.07, 6.45) is 3.60. The first-order valence-electron chi connectivity index (χ1n) is 6.28. The number of aliphatic hydroxyl groups is 1. The second kappa shape index (κ2) is 6.51. The van der Waals surface area contributed by atoms with Crippen molar-refractivity contribution in [2.75, 3.05) is 43.6 Å². The van der Waals surface area contributed by atoms with E-state index in [9.17, 15) is 0 Å². The van der Waals surface area contributed by atoms with Crippen molar-refractivity contribution < 1.29 is 9.84 Å². The minimum absolute atomic E-state index is 0.0924. The smallest absolute Gasteiger partial charge is 0.134 e. The summed E-state index contributed by atoms with van der Waals surface area (Å²) in [4.78, 5) is 10.6. The topological polar surface area (TPSA) is 70.5 Å². The number of nitrogens with zero attached hydrogens (tertiary/aromatic N) is 3. The number of anilines is 2. The summed E-state index contributed by atoms with van der Waals surface area (Å²) in [7, 11) is 2.05. The Morgan fingerprint density at radius 1 is 1.44 bits per heavy atom. The number of aromatic nitrogens is 2. The number of ether oxygens (including phenoxy) is 1. The molecule has 0 unspecified atom stereocenters. The van der Waals surface area contributed by atoms with E-state index in [0.717, 1.165) is 37.7 Å². The number of hydrogen-bond acceptors (Lipinski definition) is 6. The molecule has 0 aliphatic carbocycles. The van der Waals surface area contributed by atoms with Gasteiger partial charge in [0.2, 0.25) is 0 Å². The zero-order chi connectivity index (χ0) is 12.8. The molecule has 0 radical (unpaired) electrons. The van der Waals surface area contributed by atoms with Crippen LogP contribution < -0.4 is 10.2 Å². The molecule has 1 saturated heterocycles. The lowest BCUT2D eigenvalue weighted by atomic mass is 10.1. The van der Waals surface area contributed by atoms with Crippen LogP contribution in [0.1, 0.15) is 12.8 Å². The van der Waals surface area contributed by atoms with E-state index in [1.54, 1.807) is 6.33 Å². The summed E-state index contributed by atoms with van der Waals surface area (Å²) in [5.74, 6) is 1.64. The molecule has 0 spiro atoms. The Labute approximate surface area is 107 Å². The molecule has 18 heavy (non-hydrogen) atoms. The van der Waals surface area contributed by atoms with E-state index in [1.807, 2.05) is 13.1 Å². The number of aliphatic hydroxyl groups excluding tert-OH is 1. The molecule has 2 heterocycles. The summed E-state index contributed by atoms with van der Waals surface area (Å²) in [5, 5.41) is 11.8. The van der Waals surface area contributed by atoms with Crippen LogP contribution in [0.4, 0.5) is 11.6 Å². The van der Waals surface area contributed by atoms with Crippen LogP contribution in [0.3, 0.4) is 0 Å². The van der Waals surface area contributed by atoms with Gasteiger partial charge in [-0.25, -0.2) is 9.97 Å². The van der Waals surface area contributed by atoms with Gasteiger partial charge >= 0.3 is 0 Å². The maximum absolute atomic E-state index is 8.78. The van der Waals surface area contributed by atoms with Crippen molar-refractivity contribution in [3.05, 3.63) is 12.4 Å². The molecule has 0 atom stereocenters. The van der Waals surface area contributed by atoms with E-state index in [2.05, 4.69) is 20.2 Å². The summed E-state index contributed by atoms with van der Waals surface area (Å²) < 4.78 is 5.36. The monoisotopic (exact) mass is 252 g/mol. The summed E-state index contributed by atoms with van der Waals surface area (Å²) in [5.41, 5.74) is 0. The van der Waals surface area contributed by atoms with Crippen molar-refractivity contribution in [1.29, 1.82) is 0 Å². The van der Waals surface area contributed by atoms with Gasteiger partial charge in [-0.3, -0.25) is 0 Å². The largest absolute Gasteiger partial charge is 0.395 e. The van der Waals surface area contributed by atoms with Crippen molar-refractivity contribution in [3.8, 4) is 0 Å². The maximum atomic E-state index is 8.78. The fourth-order valence-corrected chi connectivity index (χ4v) is 2.08. The normalized spacial score (nSPS) is 16.6. The zero-order valence-electron chi connectivity index (χ0n) is 10.7. The van der Waals surface area contributed by atoms with Gasteiger partial charge < -0.3 is 20.1 Å². The minimum Gasteiger partial charge on any atom is -0.395 e. The van der Waals surface area contributed by atoms with Crippen LogP contribution in [-0.2, 0) is 4.74 Å². The average molecular weight is 252 g/mol. The molecule has 0 aromatic carbocycles. The fraction of sp³-hybridized carbons (Fsp3) is 0.667. The van der Waals surface area contributed by atoms with Crippen molar-refractivity contribution in [2.45, 2.75) is 18.9 Å². The Morgan fingerprint density at radius 3 is 2.94 bits per heavy atom. The Kier molecular flexibility index (Phi) is 4.72. The van der Waals surface area contributed by atoms with Crippen LogP contribution >= 0.6 is 0 Å². The molecule has 0 amide bonds. The first-order chi connectivity index (χ1) is 8.81. The Hall–Kier alpha value is -1.40. The van der Waals surface area contributed by atoms with Gasteiger partial charge in [0.05, 0.1) is 6.61 Å². The van der Waals surface area contributed by atoms with Crippen molar-refractivity contribution >= 4 is 11.6 Å². The molecule has 1 fully saturated rings. The van der Waals surface area contributed by atoms with Gasteiger partial charge in [-0.05, 0) is 12.8 Å². The number of nitrogens with one attached hydrogen (secondary N) is 1.